The molecule has 1 aliphatic carbocycles. The zero-order valence-corrected chi connectivity index (χ0v) is 10.5. The molecule has 102 valence electrons. The fraction of sp³-hybridized carbons (Fsp3) is 0.727. The highest BCUT2D eigenvalue weighted by molar-refractivity contribution is 5.87. The third-order valence-electron chi connectivity index (χ3n) is 3.24. The van der Waals surface area contributed by atoms with Crippen molar-refractivity contribution in [1.29, 1.82) is 0 Å². The van der Waals surface area contributed by atoms with Gasteiger partial charge in [-0.15, -0.1) is 0 Å². The molecule has 1 aliphatic rings. The van der Waals surface area contributed by atoms with Crippen LogP contribution in [-0.2, 0) is 9.59 Å². The van der Waals surface area contributed by atoms with Crippen molar-refractivity contribution in [3.8, 4) is 0 Å². The molecule has 0 spiro atoms. The number of carbonyl (C=O) groups is 3. The summed E-state index contributed by atoms with van der Waals surface area (Å²) in [6, 6.07) is -1.71. The first kappa shape index (κ1) is 14.3. The first-order valence-corrected chi connectivity index (χ1v) is 5.87. The van der Waals surface area contributed by atoms with Crippen LogP contribution in [0, 0.1) is 5.92 Å². The lowest BCUT2D eigenvalue weighted by Gasteiger charge is -2.26. The Labute approximate surface area is 105 Å². The molecule has 1 unspecified atom stereocenters. The van der Waals surface area contributed by atoms with Crippen molar-refractivity contribution in [3.05, 3.63) is 0 Å². The second-order valence-electron chi connectivity index (χ2n) is 4.70. The van der Waals surface area contributed by atoms with E-state index in [2.05, 4.69) is 5.32 Å². The average Bonchev–Trinajstić information content (AvgIpc) is 3.08. The SMILES string of the molecule is CC(C1CC1)N(C)C(=O)N[C@H](CC(N)=O)C(=O)O. The lowest BCUT2D eigenvalue weighted by Crippen LogP contribution is -2.50. The molecule has 7 nitrogen and oxygen atoms in total. The quantitative estimate of drug-likeness (QED) is 0.609. The van der Waals surface area contributed by atoms with Crippen LogP contribution >= 0.6 is 0 Å². The van der Waals surface area contributed by atoms with Crippen molar-refractivity contribution in [2.75, 3.05) is 7.05 Å². The minimum absolute atomic E-state index is 0.0630. The molecule has 0 aromatic carbocycles. The Kier molecular flexibility index (Phi) is 4.52. The maximum Gasteiger partial charge on any atom is 0.326 e. The van der Waals surface area contributed by atoms with E-state index in [0.29, 0.717) is 5.92 Å². The summed E-state index contributed by atoms with van der Waals surface area (Å²) in [6.45, 7) is 1.92. The maximum atomic E-state index is 11.8. The summed E-state index contributed by atoms with van der Waals surface area (Å²) in [5, 5.41) is 11.2. The number of hydrogen-bond acceptors (Lipinski definition) is 3. The van der Waals surface area contributed by atoms with Crippen molar-refractivity contribution in [3.63, 3.8) is 0 Å². The zero-order chi connectivity index (χ0) is 13.9. The Morgan fingerprint density at radius 2 is 2.00 bits per heavy atom. The molecule has 0 aliphatic heterocycles. The third kappa shape index (κ3) is 3.90. The molecule has 7 heteroatoms. The first-order valence-electron chi connectivity index (χ1n) is 5.87. The van der Waals surface area contributed by atoms with Crippen LogP contribution in [0.4, 0.5) is 4.79 Å². The van der Waals surface area contributed by atoms with Crippen LogP contribution in [0.5, 0.6) is 0 Å². The average molecular weight is 257 g/mol. The normalized spacial score (nSPS) is 17.7. The highest BCUT2D eigenvalue weighted by Crippen LogP contribution is 2.34. The number of carboxylic acid groups (broad SMARTS) is 1. The molecular formula is C11H19N3O4. The summed E-state index contributed by atoms with van der Waals surface area (Å²) in [5.74, 6) is -1.55. The predicted octanol–water partition coefficient (Wildman–Crippen LogP) is -0.245. The second kappa shape index (κ2) is 5.70. The molecule has 3 amide bonds. The third-order valence-corrected chi connectivity index (χ3v) is 3.24. The van der Waals surface area contributed by atoms with E-state index in [0.717, 1.165) is 12.8 Å². The fourth-order valence-electron chi connectivity index (χ4n) is 1.73. The van der Waals surface area contributed by atoms with Gasteiger partial charge in [-0.25, -0.2) is 9.59 Å². The van der Waals surface area contributed by atoms with Crippen molar-refractivity contribution in [2.24, 2.45) is 11.7 Å². The first-order chi connectivity index (χ1) is 8.32. The summed E-state index contributed by atoms with van der Waals surface area (Å²) in [6.07, 6.45) is 1.76. The Morgan fingerprint density at radius 3 is 2.39 bits per heavy atom. The molecule has 2 atom stereocenters. The number of nitrogens with two attached hydrogens (primary N) is 1. The molecule has 0 bridgehead atoms. The number of hydrogen-bond donors (Lipinski definition) is 3. The number of carbonyl (C=O) groups excluding carboxylic acids is 2. The van der Waals surface area contributed by atoms with E-state index in [4.69, 9.17) is 10.8 Å². The van der Waals surface area contributed by atoms with Crippen LogP contribution in [-0.4, -0.2) is 47.0 Å². The summed E-state index contributed by atoms with van der Waals surface area (Å²) in [5.41, 5.74) is 4.93. The summed E-state index contributed by atoms with van der Waals surface area (Å²) < 4.78 is 0. The van der Waals surface area contributed by atoms with Gasteiger partial charge >= 0.3 is 12.0 Å². The van der Waals surface area contributed by atoms with Gasteiger partial charge in [0.15, 0.2) is 0 Å². The van der Waals surface area contributed by atoms with Gasteiger partial charge in [-0.1, -0.05) is 0 Å². The number of nitrogens with one attached hydrogen (secondary N) is 1. The molecule has 1 rings (SSSR count). The maximum absolute atomic E-state index is 11.8. The van der Waals surface area contributed by atoms with Crippen molar-refractivity contribution >= 4 is 17.9 Å². The van der Waals surface area contributed by atoms with Crippen molar-refractivity contribution < 1.29 is 19.5 Å². The van der Waals surface area contributed by atoms with Crippen LogP contribution in [0.25, 0.3) is 0 Å². The lowest BCUT2D eigenvalue weighted by molar-refractivity contribution is -0.141. The zero-order valence-electron chi connectivity index (χ0n) is 10.5. The summed E-state index contributed by atoms with van der Waals surface area (Å²) in [7, 11) is 1.61. The minimum atomic E-state index is -1.27. The summed E-state index contributed by atoms with van der Waals surface area (Å²) in [4.78, 5) is 34.9. The van der Waals surface area contributed by atoms with Gasteiger partial charge in [-0.05, 0) is 25.7 Å². The van der Waals surface area contributed by atoms with E-state index < -0.39 is 30.4 Å². The molecule has 0 aromatic heterocycles. The lowest BCUT2D eigenvalue weighted by atomic mass is 10.2. The van der Waals surface area contributed by atoms with Gasteiger partial charge < -0.3 is 21.1 Å². The van der Waals surface area contributed by atoms with Crippen LogP contribution in [0.15, 0.2) is 0 Å². The predicted molar refractivity (Wildman–Crippen MR) is 63.7 cm³/mol. The molecule has 0 radical (unpaired) electrons. The molecule has 18 heavy (non-hydrogen) atoms. The van der Waals surface area contributed by atoms with E-state index in [1.807, 2.05) is 6.92 Å². The van der Waals surface area contributed by atoms with E-state index >= 15 is 0 Å². The molecule has 1 fully saturated rings. The molecule has 4 N–H and O–H groups in total. The largest absolute Gasteiger partial charge is 0.480 e. The number of carboxylic acids is 1. The molecule has 1 saturated carbocycles. The van der Waals surface area contributed by atoms with Crippen molar-refractivity contribution in [2.45, 2.75) is 38.3 Å². The van der Waals surface area contributed by atoms with Gasteiger partial charge in [-0.2, -0.15) is 0 Å². The van der Waals surface area contributed by atoms with Crippen LogP contribution in [0.2, 0.25) is 0 Å². The number of nitrogens with zero attached hydrogens (tertiary/aromatic N) is 1. The van der Waals surface area contributed by atoms with Gasteiger partial charge in [0, 0.05) is 13.1 Å². The second-order valence-corrected chi connectivity index (χ2v) is 4.70. The summed E-state index contributed by atoms with van der Waals surface area (Å²) >= 11 is 0. The van der Waals surface area contributed by atoms with Gasteiger partial charge in [0.2, 0.25) is 5.91 Å². The molecule has 0 saturated heterocycles. The van der Waals surface area contributed by atoms with Gasteiger partial charge in [0.1, 0.15) is 6.04 Å². The number of rotatable bonds is 6. The Balaban J connectivity index is 2.54. The van der Waals surface area contributed by atoms with Gasteiger partial charge in [-0.3, -0.25) is 4.79 Å². The number of aliphatic carboxylic acids is 1. The monoisotopic (exact) mass is 257 g/mol. The Morgan fingerprint density at radius 1 is 1.44 bits per heavy atom. The Bertz CT molecular complexity index is 354. The highest BCUT2D eigenvalue weighted by atomic mass is 16.4. The van der Waals surface area contributed by atoms with Crippen LogP contribution < -0.4 is 11.1 Å². The van der Waals surface area contributed by atoms with E-state index in [-0.39, 0.29) is 6.04 Å². The number of urea groups is 1. The standard InChI is InChI=1S/C11H19N3O4/c1-6(7-3-4-7)14(2)11(18)13-8(10(16)17)5-9(12)15/h6-8H,3-5H2,1-2H3,(H2,12,15)(H,13,18)(H,16,17)/t6?,8-/m1/s1. The molecular weight excluding hydrogens is 238 g/mol. The smallest absolute Gasteiger partial charge is 0.326 e. The van der Waals surface area contributed by atoms with Gasteiger partial charge in [0.25, 0.3) is 0 Å². The van der Waals surface area contributed by atoms with E-state index in [1.54, 1.807) is 7.05 Å². The minimum Gasteiger partial charge on any atom is -0.480 e. The Hall–Kier alpha value is -1.79. The molecule has 0 heterocycles. The number of amides is 3. The van der Waals surface area contributed by atoms with E-state index in [9.17, 15) is 14.4 Å². The van der Waals surface area contributed by atoms with Crippen LogP contribution in [0.1, 0.15) is 26.2 Å². The van der Waals surface area contributed by atoms with Crippen molar-refractivity contribution in [1.82, 2.24) is 10.2 Å². The van der Waals surface area contributed by atoms with Gasteiger partial charge in [0.05, 0.1) is 6.42 Å². The number of primary amides is 1. The van der Waals surface area contributed by atoms with Crippen LogP contribution in [0.3, 0.4) is 0 Å². The topological polar surface area (TPSA) is 113 Å². The highest BCUT2D eigenvalue weighted by Gasteiger charge is 2.33. The van der Waals surface area contributed by atoms with E-state index in [1.165, 1.54) is 4.90 Å². The fourth-order valence-corrected chi connectivity index (χ4v) is 1.73. The molecule has 0 aromatic rings.